The van der Waals surface area contributed by atoms with Crippen molar-refractivity contribution in [2.45, 2.75) is 24.8 Å². The predicted octanol–water partition coefficient (Wildman–Crippen LogP) is 5.14. The first-order valence-corrected chi connectivity index (χ1v) is 9.67. The Morgan fingerprint density at radius 1 is 1.19 bits per heavy atom. The highest BCUT2D eigenvalue weighted by Gasteiger charge is 2.24. The maximum atomic E-state index is 9.68. The Morgan fingerprint density at radius 2 is 2.04 bits per heavy atom. The fourth-order valence-corrected chi connectivity index (χ4v) is 3.65. The molecule has 4 rings (SSSR count). The van der Waals surface area contributed by atoms with Crippen LogP contribution in [0.25, 0.3) is 11.3 Å². The maximum Gasteiger partial charge on any atom is 0.223 e. The second kappa shape index (κ2) is 7.20. The number of hydrogen-bond donors (Lipinski definition) is 1. The van der Waals surface area contributed by atoms with E-state index in [0.717, 1.165) is 24.1 Å². The van der Waals surface area contributed by atoms with E-state index >= 15 is 0 Å². The Kier molecular flexibility index (Phi) is 4.77. The van der Waals surface area contributed by atoms with E-state index in [1.54, 1.807) is 24.4 Å². The number of thiazole rings is 1. The van der Waals surface area contributed by atoms with Crippen LogP contribution in [0.15, 0.2) is 35.8 Å². The molecule has 0 radical (unpaired) electrons. The molecule has 26 heavy (non-hydrogen) atoms. The highest BCUT2D eigenvalue weighted by molar-refractivity contribution is 7.10. The number of nitriles is 1. The molecule has 2 heterocycles. The SMILES string of the molecule is N#CC(c1ccnc(NC2CC2)n1)c1nc(-c2ccc(Cl)c(Cl)c2)cs1. The van der Waals surface area contributed by atoms with Crippen LogP contribution in [0.5, 0.6) is 0 Å². The van der Waals surface area contributed by atoms with Gasteiger partial charge in [-0.25, -0.2) is 15.0 Å². The van der Waals surface area contributed by atoms with Crippen molar-refractivity contribution in [2.24, 2.45) is 0 Å². The minimum Gasteiger partial charge on any atom is -0.351 e. The summed E-state index contributed by atoms with van der Waals surface area (Å²) in [6, 6.07) is 9.87. The third-order valence-electron chi connectivity index (χ3n) is 4.00. The molecular formula is C18H13Cl2N5S. The van der Waals surface area contributed by atoms with Crippen LogP contribution in [0, 0.1) is 11.3 Å². The molecule has 0 saturated heterocycles. The van der Waals surface area contributed by atoms with E-state index in [0.29, 0.717) is 32.7 Å². The Balaban J connectivity index is 1.62. The van der Waals surface area contributed by atoms with Crippen molar-refractivity contribution >= 4 is 40.5 Å². The van der Waals surface area contributed by atoms with E-state index in [4.69, 9.17) is 23.2 Å². The van der Waals surface area contributed by atoms with E-state index in [-0.39, 0.29) is 0 Å². The van der Waals surface area contributed by atoms with Crippen LogP contribution in [0.4, 0.5) is 5.95 Å². The van der Waals surface area contributed by atoms with Gasteiger partial charge in [0.05, 0.1) is 27.5 Å². The summed E-state index contributed by atoms with van der Waals surface area (Å²) >= 11 is 13.5. The zero-order valence-corrected chi connectivity index (χ0v) is 15.8. The summed E-state index contributed by atoms with van der Waals surface area (Å²) in [4.78, 5) is 13.3. The van der Waals surface area contributed by atoms with Crippen LogP contribution in [-0.2, 0) is 0 Å². The van der Waals surface area contributed by atoms with Crippen molar-refractivity contribution in [1.29, 1.82) is 5.26 Å². The molecule has 3 aromatic rings. The summed E-state index contributed by atoms with van der Waals surface area (Å²) < 4.78 is 0. The molecule has 1 N–H and O–H groups in total. The molecule has 2 aromatic heterocycles. The number of hydrogen-bond acceptors (Lipinski definition) is 6. The number of anilines is 1. The van der Waals surface area contributed by atoms with E-state index in [1.165, 1.54) is 11.3 Å². The molecule has 1 aromatic carbocycles. The van der Waals surface area contributed by atoms with Crippen molar-refractivity contribution in [3.63, 3.8) is 0 Å². The maximum absolute atomic E-state index is 9.68. The van der Waals surface area contributed by atoms with Gasteiger partial charge in [-0.2, -0.15) is 5.26 Å². The molecule has 8 heteroatoms. The second-order valence-electron chi connectivity index (χ2n) is 5.99. The average Bonchev–Trinajstić information content (AvgIpc) is 3.32. The monoisotopic (exact) mass is 401 g/mol. The normalized spacial score (nSPS) is 14.7. The molecule has 1 aliphatic carbocycles. The van der Waals surface area contributed by atoms with Crippen molar-refractivity contribution < 1.29 is 0 Å². The van der Waals surface area contributed by atoms with Gasteiger partial charge in [0, 0.05) is 23.2 Å². The van der Waals surface area contributed by atoms with Crippen molar-refractivity contribution in [3.05, 3.63) is 56.6 Å². The molecule has 0 aliphatic heterocycles. The lowest BCUT2D eigenvalue weighted by Crippen LogP contribution is -2.08. The van der Waals surface area contributed by atoms with Gasteiger partial charge in [0.2, 0.25) is 5.95 Å². The van der Waals surface area contributed by atoms with Gasteiger partial charge >= 0.3 is 0 Å². The lowest BCUT2D eigenvalue weighted by Gasteiger charge is -2.08. The Morgan fingerprint density at radius 3 is 2.77 bits per heavy atom. The molecule has 0 bridgehead atoms. The first kappa shape index (κ1) is 17.2. The van der Waals surface area contributed by atoms with Gasteiger partial charge in [-0.15, -0.1) is 11.3 Å². The van der Waals surface area contributed by atoms with Crippen LogP contribution in [0.1, 0.15) is 29.5 Å². The summed E-state index contributed by atoms with van der Waals surface area (Å²) in [5.41, 5.74) is 2.26. The van der Waals surface area contributed by atoms with Crippen molar-refractivity contribution in [2.75, 3.05) is 5.32 Å². The topological polar surface area (TPSA) is 74.5 Å². The summed E-state index contributed by atoms with van der Waals surface area (Å²) in [6.45, 7) is 0. The molecule has 0 amide bonds. The zero-order chi connectivity index (χ0) is 18.1. The molecule has 0 spiro atoms. The van der Waals surface area contributed by atoms with E-state index < -0.39 is 5.92 Å². The summed E-state index contributed by atoms with van der Waals surface area (Å²) in [6.07, 6.45) is 3.94. The molecule has 1 atom stereocenters. The Bertz CT molecular complexity index is 993. The fraction of sp³-hybridized carbons (Fsp3) is 0.222. The largest absolute Gasteiger partial charge is 0.351 e. The number of benzene rings is 1. The molecular weight excluding hydrogens is 389 g/mol. The lowest BCUT2D eigenvalue weighted by atomic mass is 10.1. The number of nitrogens with one attached hydrogen (secondary N) is 1. The Labute approximate surface area is 164 Å². The van der Waals surface area contributed by atoms with Gasteiger partial charge in [0.15, 0.2) is 0 Å². The van der Waals surface area contributed by atoms with E-state index in [2.05, 4.69) is 26.3 Å². The molecule has 1 unspecified atom stereocenters. The zero-order valence-electron chi connectivity index (χ0n) is 13.5. The number of halogens is 2. The smallest absolute Gasteiger partial charge is 0.223 e. The highest BCUT2D eigenvalue weighted by Crippen LogP contribution is 2.33. The number of nitrogens with zero attached hydrogens (tertiary/aromatic N) is 4. The summed E-state index contributed by atoms with van der Waals surface area (Å²) in [5.74, 6) is 0.0192. The van der Waals surface area contributed by atoms with Crippen LogP contribution < -0.4 is 5.32 Å². The van der Waals surface area contributed by atoms with Crippen LogP contribution >= 0.6 is 34.5 Å². The van der Waals surface area contributed by atoms with E-state index in [1.807, 2.05) is 11.4 Å². The van der Waals surface area contributed by atoms with Gasteiger partial charge < -0.3 is 5.32 Å². The third kappa shape index (κ3) is 3.65. The number of aromatic nitrogens is 3. The Hall–Kier alpha value is -2.20. The average molecular weight is 402 g/mol. The van der Waals surface area contributed by atoms with Crippen LogP contribution in [0.2, 0.25) is 10.0 Å². The van der Waals surface area contributed by atoms with Gasteiger partial charge in [-0.1, -0.05) is 29.3 Å². The molecule has 1 aliphatic rings. The molecule has 130 valence electrons. The minimum atomic E-state index is -0.542. The van der Waals surface area contributed by atoms with Crippen molar-refractivity contribution in [3.8, 4) is 17.3 Å². The minimum absolute atomic E-state index is 0.451. The van der Waals surface area contributed by atoms with Gasteiger partial charge in [0.25, 0.3) is 0 Å². The lowest BCUT2D eigenvalue weighted by molar-refractivity contribution is 0.922. The van der Waals surface area contributed by atoms with Crippen molar-refractivity contribution in [1.82, 2.24) is 15.0 Å². The quantitative estimate of drug-likeness (QED) is 0.640. The summed E-state index contributed by atoms with van der Waals surface area (Å²) in [7, 11) is 0. The fourth-order valence-electron chi connectivity index (χ4n) is 2.47. The third-order valence-corrected chi connectivity index (χ3v) is 5.65. The van der Waals surface area contributed by atoms with Gasteiger partial charge in [-0.05, 0) is 31.0 Å². The first-order chi connectivity index (χ1) is 12.6. The van der Waals surface area contributed by atoms with Gasteiger partial charge in [-0.3, -0.25) is 0 Å². The second-order valence-corrected chi connectivity index (χ2v) is 7.69. The highest BCUT2D eigenvalue weighted by atomic mass is 35.5. The van der Waals surface area contributed by atoms with Crippen LogP contribution in [0.3, 0.4) is 0 Å². The molecule has 1 fully saturated rings. The molecule has 1 saturated carbocycles. The number of rotatable bonds is 5. The predicted molar refractivity (Wildman–Crippen MR) is 104 cm³/mol. The van der Waals surface area contributed by atoms with E-state index in [9.17, 15) is 5.26 Å². The standard InChI is InChI=1S/C18H13Cl2N5S/c19-13-4-1-10(7-14(13)20)16-9-26-17(24-16)12(8-21)15-5-6-22-18(25-15)23-11-2-3-11/h1,4-7,9,11-12H,2-3H2,(H,22,23,25). The van der Waals surface area contributed by atoms with Crippen LogP contribution in [-0.4, -0.2) is 21.0 Å². The summed E-state index contributed by atoms with van der Waals surface area (Å²) in [5, 5.41) is 16.5. The molecule has 5 nitrogen and oxygen atoms in total. The van der Waals surface area contributed by atoms with Gasteiger partial charge in [0.1, 0.15) is 10.9 Å². The first-order valence-electron chi connectivity index (χ1n) is 8.04.